The van der Waals surface area contributed by atoms with Gasteiger partial charge in [-0.2, -0.15) is 0 Å². The van der Waals surface area contributed by atoms with E-state index in [2.05, 4.69) is 22.8 Å². The van der Waals surface area contributed by atoms with Crippen LogP contribution in [0.4, 0.5) is 0 Å². The van der Waals surface area contributed by atoms with Crippen LogP contribution in [0.25, 0.3) is 0 Å². The van der Waals surface area contributed by atoms with Gasteiger partial charge in [0.2, 0.25) is 17.7 Å². The molecule has 112 valence electrons. The van der Waals surface area contributed by atoms with E-state index in [4.69, 9.17) is 0 Å². The highest BCUT2D eigenvalue weighted by Gasteiger charge is 2.58. The summed E-state index contributed by atoms with van der Waals surface area (Å²) in [6.07, 6.45) is 5.13. The van der Waals surface area contributed by atoms with Crippen LogP contribution in [0.2, 0.25) is 0 Å². The first-order chi connectivity index (χ1) is 10.2. The number of imide groups is 1. The smallest absolute Gasteiger partial charge is 0.233 e. The number of fused-ring (bicyclic) bond motifs is 5. The van der Waals surface area contributed by atoms with Gasteiger partial charge in [-0.15, -0.1) is 0 Å². The minimum absolute atomic E-state index is 0.00905. The maximum absolute atomic E-state index is 12.4. The largest absolute Gasteiger partial charge is 0.354 e. The van der Waals surface area contributed by atoms with Crippen LogP contribution in [0.15, 0.2) is 12.2 Å². The monoisotopic (exact) mass is 289 g/mol. The lowest BCUT2D eigenvalue weighted by Crippen LogP contribution is -2.52. The van der Waals surface area contributed by atoms with E-state index in [1.165, 1.54) is 4.90 Å². The zero-order valence-electron chi connectivity index (χ0n) is 11.7. The number of hydrogen-bond donors (Lipinski definition) is 2. The molecule has 21 heavy (non-hydrogen) atoms. The third-order valence-electron chi connectivity index (χ3n) is 5.35. The Kier molecular flexibility index (Phi) is 2.89. The zero-order valence-corrected chi connectivity index (χ0v) is 11.7. The summed E-state index contributed by atoms with van der Waals surface area (Å²) in [4.78, 5) is 37.9. The molecule has 0 aromatic carbocycles. The lowest BCUT2D eigenvalue weighted by atomic mass is 9.85. The predicted octanol–water partition coefficient (Wildman–Crippen LogP) is -0.871. The van der Waals surface area contributed by atoms with Gasteiger partial charge in [0, 0.05) is 26.2 Å². The normalized spacial score (nSPS) is 37.0. The number of carbonyl (C=O) groups excluding carboxylic acids is 3. The van der Waals surface area contributed by atoms with Gasteiger partial charge in [0.25, 0.3) is 0 Å². The Labute approximate surface area is 122 Å². The van der Waals surface area contributed by atoms with Crippen LogP contribution in [0, 0.1) is 29.6 Å². The number of nitrogens with one attached hydrogen (secondary N) is 2. The molecule has 2 aliphatic carbocycles. The highest BCUT2D eigenvalue weighted by atomic mass is 16.2. The minimum Gasteiger partial charge on any atom is -0.354 e. The molecule has 3 fully saturated rings. The quantitative estimate of drug-likeness (QED) is 0.521. The van der Waals surface area contributed by atoms with Crippen LogP contribution in [0.1, 0.15) is 6.42 Å². The fourth-order valence-electron chi connectivity index (χ4n) is 4.09. The summed E-state index contributed by atoms with van der Waals surface area (Å²) in [6, 6.07) is 0. The van der Waals surface area contributed by atoms with Gasteiger partial charge in [-0.25, -0.2) is 0 Å². The highest BCUT2D eigenvalue weighted by Crippen LogP contribution is 2.52. The fourth-order valence-corrected chi connectivity index (χ4v) is 4.09. The predicted molar refractivity (Wildman–Crippen MR) is 73.8 cm³/mol. The van der Waals surface area contributed by atoms with Crippen molar-refractivity contribution in [1.82, 2.24) is 15.5 Å². The summed E-state index contributed by atoms with van der Waals surface area (Å²) in [7, 11) is 0. The molecule has 6 nitrogen and oxygen atoms in total. The standard InChI is InChI=1S/C15H19N3O3/c19-13(10-6-16-7-10)17-3-4-18-14(20)11-8-1-2-9(5-8)12(11)15(18)21/h1-2,8-12,16H,3-7H2,(H,17,19). The van der Waals surface area contributed by atoms with E-state index in [9.17, 15) is 14.4 Å². The van der Waals surface area contributed by atoms with Gasteiger partial charge in [-0.05, 0) is 18.3 Å². The Bertz CT molecular complexity index is 510. The van der Waals surface area contributed by atoms with Crippen molar-refractivity contribution in [2.45, 2.75) is 6.42 Å². The second-order valence-corrected chi connectivity index (χ2v) is 6.47. The van der Waals surface area contributed by atoms with E-state index in [0.717, 1.165) is 6.42 Å². The molecule has 6 heteroatoms. The molecule has 4 atom stereocenters. The molecular weight excluding hydrogens is 270 g/mol. The van der Waals surface area contributed by atoms with Crippen LogP contribution >= 0.6 is 0 Å². The molecule has 4 unspecified atom stereocenters. The molecule has 3 amide bonds. The Morgan fingerprint density at radius 1 is 1.19 bits per heavy atom. The van der Waals surface area contributed by atoms with E-state index < -0.39 is 0 Å². The van der Waals surface area contributed by atoms with Gasteiger partial charge in [0.05, 0.1) is 17.8 Å². The van der Waals surface area contributed by atoms with Gasteiger partial charge >= 0.3 is 0 Å². The van der Waals surface area contributed by atoms with Crippen molar-refractivity contribution >= 4 is 17.7 Å². The van der Waals surface area contributed by atoms with E-state index in [-0.39, 0.29) is 47.3 Å². The Hall–Kier alpha value is -1.69. The Morgan fingerprint density at radius 3 is 2.33 bits per heavy atom. The lowest BCUT2D eigenvalue weighted by molar-refractivity contribution is -0.141. The Morgan fingerprint density at radius 2 is 1.81 bits per heavy atom. The summed E-state index contributed by atoms with van der Waals surface area (Å²) in [5.41, 5.74) is 0. The second-order valence-electron chi connectivity index (χ2n) is 6.47. The van der Waals surface area contributed by atoms with Crippen LogP contribution < -0.4 is 10.6 Å². The van der Waals surface area contributed by atoms with Gasteiger partial charge in [-0.3, -0.25) is 19.3 Å². The zero-order chi connectivity index (χ0) is 14.6. The molecule has 0 aromatic heterocycles. The van der Waals surface area contributed by atoms with E-state index in [1.54, 1.807) is 0 Å². The van der Waals surface area contributed by atoms with E-state index in [1.807, 2.05) is 0 Å². The average Bonchev–Trinajstić information content (AvgIpc) is 3.05. The first-order valence-electron chi connectivity index (χ1n) is 7.69. The van der Waals surface area contributed by atoms with Gasteiger partial charge in [-0.1, -0.05) is 12.2 Å². The third kappa shape index (κ3) is 1.85. The van der Waals surface area contributed by atoms with Crippen molar-refractivity contribution < 1.29 is 14.4 Å². The van der Waals surface area contributed by atoms with Gasteiger partial charge in [0.15, 0.2) is 0 Å². The van der Waals surface area contributed by atoms with Crippen molar-refractivity contribution in [2.75, 3.05) is 26.2 Å². The molecule has 4 rings (SSSR count). The number of hydrogen-bond acceptors (Lipinski definition) is 4. The summed E-state index contributed by atoms with van der Waals surface area (Å²) in [6.45, 7) is 2.09. The number of allylic oxidation sites excluding steroid dienone is 2. The summed E-state index contributed by atoms with van der Waals surface area (Å²) in [5, 5.41) is 5.86. The number of carbonyl (C=O) groups is 3. The van der Waals surface area contributed by atoms with Crippen molar-refractivity contribution in [1.29, 1.82) is 0 Å². The first-order valence-corrected chi connectivity index (χ1v) is 7.69. The minimum atomic E-state index is -0.140. The molecule has 0 spiro atoms. The molecule has 0 aromatic rings. The Balaban J connectivity index is 1.35. The topological polar surface area (TPSA) is 78.5 Å². The molecule has 2 bridgehead atoms. The SMILES string of the molecule is O=C(NCCN1C(=O)C2C3C=CC(C3)C2C1=O)C1CNC1. The molecule has 2 saturated heterocycles. The number of rotatable bonds is 4. The molecule has 1 saturated carbocycles. The third-order valence-corrected chi connectivity index (χ3v) is 5.35. The molecule has 2 N–H and O–H groups in total. The molecule has 0 radical (unpaired) electrons. The second kappa shape index (κ2) is 4.66. The van der Waals surface area contributed by atoms with Crippen LogP contribution in [-0.4, -0.2) is 48.8 Å². The van der Waals surface area contributed by atoms with Crippen molar-refractivity contribution in [3.05, 3.63) is 12.2 Å². The molecular formula is C15H19N3O3. The fraction of sp³-hybridized carbons (Fsp3) is 0.667. The van der Waals surface area contributed by atoms with E-state index >= 15 is 0 Å². The average molecular weight is 289 g/mol. The van der Waals surface area contributed by atoms with Crippen molar-refractivity contribution in [2.24, 2.45) is 29.6 Å². The maximum Gasteiger partial charge on any atom is 0.233 e. The van der Waals surface area contributed by atoms with Gasteiger partial charge in [0.1, 0.15) is 0 Å². The summed E-state index contributed by atoms with van der Waals surface area (Å²) < 4.78 is 0. The number of amides is 3. The lowest BCUT2D eigenvalue weighted by Gasteiger charge is -2.26. The van der Waals surface area contributed by atoms with Crippen LogP contribution in [0.3, 0.4) is 0 Å². The van der Waals surface area contributed by atoms with Gasteiger partial charge < -0.3 is 10.6 Å². The number of nitrogens with zero attached hydrogens (tertiary/aromatic N) is 1. The maximum atomic E-state index is 12.4. The molecule has 2 aliphatic heterocycles. The number of likely N-dealkylation sites (tertiary alicyclic amines) is 1. The summed E-state index contributed by atoms with van der Waals surface area (Å²) >= 11 is 0. The van der Waals surface area contributed by atoms with Crippen LogP contribution in [-0.2, 0) is 14.4 Å². The first kappa shape index (κ1) is 13.0. The van der Waals surface area contributed by atoms with Crippen molar-refractivity contribution in [3.63, 3.8) is 0 Å². The molecule has 2 heterocycles. The highest BCUT2D eigenvalue weighted by molar-refractivity contribution is 6.06. The molecule has 4 aliphatic rings. The van der Waals surface area contributed by atoms with Crippen molar-refractivity contribution in [3.8, 4) is 0 Å². The van der Waals surface area contributed by atoms with E-state index in [0.29, 0.717) is 26.2 Å². The van der Waals surface area contributed by atoms with Crippen LogP contribution in [0.5, 0.6) is 0 Å². The summed E-state index contributed by atoms with van der Waals surface area (Å²) in [5.74, 6) is 0.180.